The Morgan fingerprint density at radius 3 is 2.74 bits per heavy atom. The van der Waals surface area contributed by atoms with E-state index in [1.165, 1.54) is 6.20 Å². The molecule has 0 radical (unpaired) electrons. The predicted molar refractivity (Wildman–Crippen MR) is 73.7 cm³/mol. The topological polar surface area (TPSA) is 50.7 Å². The summed E-state index contributed by atoms with van der Waals surface area (Å²) < 4.78 is 13.9. The highest BCUT2D eigenvalue weighted by Crippen LogP contribution is 2.20. The van der Waals surface area contributed by atoms with Gasteiger partial charge in [0.25, 0.3) is 0 Å². The van der Waals surface area contributed by atoms with Crippen LogP contribution in [0.15, 0.2) is 18.3 Å². The average Bonchev–Trinajstić information content (AvgIpc) is 2.41. The van der Waals surface area contributed by atoms with Gasteiger partial charge < -0.3 is 5.32 Å². The smallest absolute Gasteiger partial charge is 0.186 e. The zero-order valence-electron chi connectivity index (χ0n) is 10.7. The van der Waals surface area contributed by atoms with Crippen molar-refractivity contribution in [2.24, 2.45) is 0 Å². The van der Waals surface area contributed by atoms with Gasteiger partial charge in [-0.2, -0.15) is 0 Å². The molecule has 0 aliphatic carbocycles. The lowest BCUT2D eigenvalue weighted by molar-refractivity contribution is 0.605. The first-order chi connectivity index (χ1) is 9.11. The molecule has 0 spiro atoms. The highest BCUT2D eigenvalue weighted by Gasteiger charge is 2.12. The Morgan fingerprint density at radius 2 is 2.11 bits per heavy atom. The molecular weight excluding hydrogens is 267 g/mol. The van der Waals surface area contributed by atoms with Crippen LogP contribution in [0.2, 0.25) is 5.02 Å². The van der Waals surface area contributed by atoms with E-state index in [-0.39, 0.29) is 5.82 Å². The Labute approximate surface area is 116 Å². The first-order valence-corrected chi connectivity index (χ1v) is 6.39. The molecule has 4 nitrogen and oxygen atoms in total. The second kappa shape index (κ2) is 5.93. The van der Waals surface area contributed by atoms with E-state index in [9.17, 15) is 4.39 Å². The van der Waals surface area contributed by atoms with E-state index < -0.39 is 5.82 Å². The van der Waals surface area contributed by atoms with E-state index in [0.29, 0.717) is 28.8 Å². The molecule has 0 bridgehead atoms. The van der Waals surface area contributed by atoms with E-state index in [1.807, 2.05) is 6.92 Å². The quantitative estimate of drug-likeness (QED) is 0.932. The molecule has 0 amide bonds. The van der Waals surface area contributed by atoms with E-state index in [1.54, 1.807) is 19.1 Å². The summed E-state index contributed by atoms with van der Waals surface area (Å²) in [5.74, 6) is 0.168. The van der Waals surface area contributed by atoms with Crippen LogP contribution in [0.3, 0.4) is 0 Å². The fraction of sp³-hybridized carbons (Fsp3) is 0.308. The van der Waals surface area contributed by atoms with E-state index in [0.717, 1.165) is 6.42 Å². The predicted octanol–water partition coefficient (Wildman–Crippen LogP) is 3.46. The van der Waals surface area contributed by atoms with Gasteiger partial charge in [0.15, 0.2) is 17.5 Å². The molecule has 0 fully saturated rings. The van der Waals surface area contributed by atoms with Crippen molar-refractivity contribution in [2.45, 2.75) is 20.3 Å². The molecule has 0 atom stereocenters. The van der Waals surface area contributed by atoms with Gasteiger partial charge in [-0.1, -0.05) is 18.5 Å². The number of rotatable bonds is 4. The minimum absolute atomic E-state index is 0.209. The highest BCUT2D eigenvalue weighted by atomic mass is 35.5. The number of hydrogen-bond acceptors (Lipinski definition) is 4. The fourth-order valence-corrected chi connectivity index (χ4v) is 1.65. The fourth-order valence-electron chi connectivity index (χ4n) is 1.54. The largest absolute Gasteiger partial charge is 0.368 e. The Kier molecular flexibility index (Phi) is 4.27. The summed E-state index contributed by atoms with van der Waals surface area (Å²) in [7, 11) is 0. The van der Waals surface area contributed by atoms with E-state index in [4.69, 9.17) is 11.6 Å². The van der Waals surface area contributed by atoms with E-state index in [2.05, 4.69) is 20.3 Å². The average molecular weight is 281 g/mol. The van der Waals surface area contributed by atoms with Gasteiger partial charge in [0.1, 0.15) is 5.69 Å². The number of nitrogens with one attached hydrogen (secondary N) is 1. The summed E-state index contributed by atoms with van der Waals surface area (Å²) in [6.45, 7) is 4.26. The molecular formula is C13H14ClFN4. The molecule has 1 N–H and O–H groups in total. The minimum atomic E-state index is -0.425. The van der Waals surface area contributed by atoms with Crippen LogP contribution < -0.4 is 5.32 Å². The lowest BCUT2D eigenvalue weighted by Crippen LogP contribution is -2.08. The second-order valence-electron chi connectivity index (χ2n) is 4.08. The Balaban J connectivity index is 2.40. The van der Waals surface area contributed by atoms with Crippen molar-refractivity contribution in [1.82, 2.24) is 15.0 Å². The zero-order valence-corrected chi connectivity index (χ0v) is 11.5. The van der Waals surface area contributed by atoms with Crippen LogP contribution in [-0.4, -0.2) is 21.5 Å². The van der Waals surface area contributed by atoms with Crippen LogP contribution in [0.4, 0.5) is 10.2 Å². The van der Waals surface area contributed by atoms with Crippen LogP contribution in [0.5, 0.6) is 0 Å². The molecule has 0 aromatic carbocycles. The Hall–Kier alpha value is -1.75. The van der Waals surface area contributed by atoms with Gasteiger partial charge in [-0.15, -0.1) is 0 Å². The summed E-state index contributed by atoms with van der Waals surface area (Å²) in [6, 6.07) is 3.41. The summed E-state index contributed by atoms with van der Waals surface area (Å²) >= 11 is 5.78. The summed E-state index contributed by atoms with van der Waals surface area (Å²) in [5, 5.41) is 3.48. The lowest BCUT2D eigenvalue weighted by atomic mass is 10.3. The molecule has 100 valence electrons. The van der Waals surface area contributed by atoms with Gasteiger partial charge >= 0.3 is 0 Å². The molecule has 2 aromatic heterocycles. The number of pyridine rings is 1. The first kappa shape index (κ1) is 13.7. The second-order valence-corrected chi connectivity index (χ2v) is 4.52. The minimum Gasteiger partial charge on any atom is -0.368 e. The van der Waals surface area contributed by atoms with Crippen LogP contribution >= 0.6 is 11.6 Å². The molecule has 2 heterocycles. The molecule has 0 aliphatic heterocycles. The maximum absolute atomic E-state index is 13.9. The van der Waals surface area contributed by atoms with Crippen molar-refractivity contribution in [3.63, 3.8) is 0 Å². The SMILES string of the molecule is CCCNc1nc(-c2ccc(Cl)cn2)nc(C)c1F. The van der Waals surface area contributed by atoms with Gasteiger partial charge in [0.2, 0.25) is 0 Å². The van der Waals surface area contributed by atoms with Crippen LogP contribution in [-0.2, 0) is 0 Å². The van der Waals surface area contributed by atoms with Crippen LogP contribution in [0.1, 0.15) is 19.0 Å². The number of aromatic nitrogens is 3. The molecule has 0 aliphatic rings. The molecule has 0 saturated heterocycles. The van der Waals surface area contributed by atoms with Crippen molar-refractivity contribution < 1.29 is 4.39 Å². The number of halogens is 2. The maximum Gasteiger partial charge on any atom is 0.186 e. The van der Waals surface area contributed by atoms with Gasteiger partial charge in [-0.25, -0.2) is 14.4 Å². The Morgan fingerprint density at radius 1 is 1.32 bits per heavy atom. The first-order valence-electron chi connectivity index (χ1n) is 6.01. The summed E-state index contributed by atoms with van der Waals surface area (Å²) in [5.41, 5.74) is 0.854. The summed E-state index contributed by atoms with van der Waals surface area (Å²) in [6.07, 6.45) is 2.40. The molecule has 0 saturated carbocycles. The van der Waals surface area contributed by atoms with Gasteiger partial charge in [0, 0.05) is 12.7 Å². The van der Waals surface area contributed by atoms with Crippen LogP contribution in [0, 0.1) is 12.7 Å². The lowest BCUT2D eigenvalue weighted by Gasteiger charge is -2.09. The van der Waals surface area contributed by atoms with Gasteiger partial charge in [-0.3, -0.25) is 4.98 Å². The van der Waals surface area contributed by atoms with Crippen molar-refractivity contribution in [3.05, 3.63) is 34.9 Å². The van der Waals surface area contributed by atoms with Crippen molar-refractivity contribution >= 4 is 17.4 Å². The number of aryl methyl sites for hydroxylation is 1. The van der Waals surface area contributed by atoms with Gasteiger partial charge in [0.05, 0.1) is 10.7 Å². The monoisotopic (exact) mass is 280 g/mol. The maximum atomic E-state index is 13.9. The van der Waals surface area contributed by atoms with E-state index >= 15 is 0 Å². The number of anilines is 1. The number of hydrogen-bond donors (Lipinski definition) is 1. The normalized spacial score (nSPS) is 10.5. The zero-order chi connectivity index (χ0) is 13.8. The van der Waals surface area contributed by atoms with Crippen LogP contribution in [0.25, 0.3) is 11.5 Å². The molecule has 2 rings (SSSR count). The molecule has 0 unspecified atom stereocenters. The third kappa shape index (κ3) is 3.17. The highest BCUT2D eigenvalue weighted by molar-refractivity contribution is 6.30. The van der Waals surface area contributed by atoms with Crippen molar-refractivity contribution in [2.75, 3.05) is 11.9 Å². The molecule has 2 aromatic rings. The standard InChI is InChI=1S/C13H14ClFN4/c1-3-6-16-13-11(15)8(2)18-12(19-13)10-5-4-9(14)7-17-10/h4-5,7H,3,6H2,1-2H3,(H,16,18,19). The van der Waals surface area contributed by atoms with Crippen molar-refractivity contribution in [3.8, 4) is 11.5 Å². The summed E-state index contributed by atoms with van der Waals surface area (Å²) in [4.78, 5) is 12.4. The number of nitrogens with zero attached hydrogens (tertiary/aromatic N) is 3. The Bertz CT molecular complexity index is 572. The van der Waals surface area contributed by atoms with Crippen molar-refractivity contribution in [1.29, 1.82) is 0 Å². The third-order valence-electron chi connectivity index (χ3n) is 2.52. The molecule has 6 heteroatoms. The molecule has 19 heavy (non-hydrogen) atoms. The third-order valence-corrected chi connectivity index (χ3v) is 2.74. The van der Waals surface area contributed by atoms with Gasteiger partial charge in [-0.05, 0) is 25.5 Å².